The van der Waals surface area contributed by atoms with E-state index in [0.29, 0.717) is 30.9 Å². The number of anilines is 1. The number of nitrogens with zero attached hydrogens (tertiary/aromatic N) is 3. The molecule has 5 rings (SSSR count). The van der Waals surface area contributed by atoms with Gasteiger partial charge in [-0.05, 0) is 94.9 Å². The molecule has 4 aliphatic rings. The Morgan fingerprint density at radius 2 is 1.68 bits per heavy atom. The minimum atomic E-state index is -3.53. The highest BCUT2D eigenvalue weighted by Gasteiger charge is 2.49. The van der Waals surface area contributed by atoms with Crippen LogP contribution < -0.4 is 15.5 Å². The van der Waals surface area contributed by atoms with Gasteiger partial charge in [-0.1, -0.05) is 19.4 Å². The zero-order valence-corrected chi connectivity index (χ0v) is 24.8. The van der Waals surface area contributed by atoms with E-state index < -0.39 is 27.1 Å². The van der Waals surface area contributed by atoms with Crippen molar-refractivity contribution in [1.82, 2.24) is 14.9 Å². The zero-order valence-electron chi connectivity index (χ0n) is 24.0. The van der Waals surface area contributed by atoms with E-state index in [0.717, 1.165) is 35.7 Å². The van der Waals surface area contributed by atoms with Crippen LogP contribution in [-0.2, 0) is 26.0 Å². The maximum Gasteiger partial charge on any atom is 0.329 e. The lowest BCUT2D eigenvalue weighted by atomic mass is 9.80. The quantitative estimate of drug-likeness (QED) is 0.486. The predicted octanol–water partition coefficient (Wildman–Crippen LogP) is 3.28. The van der Waals surface area contributed by atoms with Crippen LogP contribution in [0, 0.1) is 18.8 Å². The van der Waals surface area contributed by atoms with Gasteiger partial charge in [0.05, 0.1) is 5.75 Å². The Morgan fingerprint density at radius 3 is 2.25 bits per heavy atom. The van der Waals surface area contributed by atoms with Crippen LogP contribution in [0.5, 0.6) is 0 Å². The summed E-state index contributed by atoms with van der Waals surface area (Å²) in [6.07, 6.45) is 6.75. The number of nitrogens with one attached hydrogen (secondary N) is 2. The molecule has 0 bridgehead atoms. The number of carbonyl (C=O) groups is 3. The molecule has 3 fully saturated rings. The first-order valence-corrected chi connectivity index (χ1v) is 16.1. The molecule has 2 saturated heterocycles. The summed E-state index contributed by atoms with van der Waals surface area (Å²) in [4.78, 5) is 43.8. The van der Waals surface area contributed by atoms with Crippen molar-refractivity contribution in [3.63, 3.8) is 0 Å². The number of imide groups is 1. The molecular formula is C29H41N5O5S. The molecule has 4 amide bonds. The maximum absolute atomic E-state index is 13.3. The van der Waals surface area contributed by atoms with Crippen molar-refractivity contribution in [2.75, 3.05) is 23.7 Å². The molecule has 1 aromatic rings. The fourth-order valence-electron chi connectivity index (χ4n) is 6.62. The van der Waals surface area contributed by atoms with Crippen molar-refractivity contribution in [2.45, 2.75) is 90.1 Å². The Hall–Kier alpha value is -2.79. The highest BCUT2D eigenvalue weighted by molar-refractivity contribution is 7.89. The number of amidine groups is 1. The summed E-state index contributed by atoms with van der Waals surface area (Å²) in [5, 5.41) is 5.40. The number of benzene rings is 1. The summed E-state index contributed by atoms with van der Waals surface area (Å²) >= 11 is 0. The lowest BCUT2D eigenvalue weighted by Gasteiger charge is -2.34. The number of piperidine rings is 1. The maximum atomic E-state index is 13.3. The zero-order chi connectivity index (χ0) is 28.9. The normalized spacial score (nSPS) is 26.6. The van der Waals surface area contributed by atoms with Gasteiger partial charge in [0.2, 0.25) is 10.0 Å². The van der Waals surface area contributed by atoms with Gasteiger partial charge in [-0.2, -0.15) is 0 Å². The van der Waals surface area contributed by atoms with Crippen molar-refractivity contribution in [3.8, 4) is 0 Å². The number of aliphatic imine (C=N–C) groups is 1. The van der Waals surface area contributed by atoms with Crippen molar-refractivity contribution in [2.24, 2.45) is 16.8 Å². The van der Waals surface area contributed by atoms with Gasteiger partial charge in [0.1, 0.15) is 16.9 Å². The Labute approximate surface area is 237 Å². The van der Waals surface area contributed by atoms with Crippen molar-refractivity contribution >= 4 is 39.4 Å². The summed E-state index contributed by atoms with van der Waals surface area (Å²) in [6, 6.07) is 4.92. The van der Waals surface area contributed by atoms with Crippen molar-refractivity contribution < 1.29 is 22.8 Å². The Morgan fingerprint density at radius 1 is 1.00 bits per heavy atom. The van der Waals surface area contributed by atoms with Crippen LogP contribution in [0.4, 0.5) is 10.5 Å². The molecule has 2 N–H and O–H groups in total. The highest BCUT2D eigenvalue weighted by atomic mass is 32.2. The fourth-order valence-corrected chi connectivity index (χ4v) is 8.10. The molecule has 218 valence electrons. The van der Waals surface area contributed by atoms with Crippen molar-refractivity contribution in [3.05, 3.63) is 29.3 Å². The molecule has 3 aliphatic heterocycles. The van der Waals surface area contributed by atoms with E-state index in [2.05, 4.69) is 17.6 Å². The summed E-state index contributed by atoms with van der Waals surface area (Å²) < 4.78 is 28.0. The Bertz CT molecular complexity index is 1340. The second-order valence-electron chi connectivity index (χ2n) is 12.3. The van der Waals surface area contributed by atoms with E-state index in [4.69, 9.17) is 4.99 Å². The molecular weight excluding hydrogens is 530 g/mol. The van der Waals surface area contributed by atoms with E-state index >= 15 is 0 Å². The van der Waals surface area contributed by atoms with Crippen LogP contribution in [0.1, 0.15) is 76.8 Å². The van der Waals surface area contributed by atoms with E-state index in [1.165, 1.54) is 28.5 Å². The largest absolute Gasteiger partial charge is 0.329 e. The monoisotopic (exact) mass is 571 g/mol. The molecule has 0 atom stereocenters. The van der Waals surface area contributed by atoms with E-state index in [-0.39, 0.29) is 30.7 Å². The Balaban J connectivity index is 1.19. The molecule has 1 saturated carbocycles. The van der Waals surface area contributed by atoms with Gasteiger partial charge in [0.25, 0.3) is 11.8 Å². The third-order valence-electron chi connectivity index (χ3n) is 9.50. The lowest BCUT2D eigenvalue weighted by Crippen LogP contribution is -2.51. The first-order chi connectivity index (χ1) is 18.9. The van der Waals surface area contributed by atoms with Crippen LogP contribution in [0.15, 0.2) is 23.2 Å². The van der Waals surface area contributed by atoms with Gasteiger partial charge in [-0.25, -0.2) is 17.5 Å². The number of urea groups is 1. The first-order valence-electron chi connectivity index (χ1n) is 14.5. The van der Waals surface area contributed by atoms with Crippen LogP contribution in [-0.4, -0.2) is 66.3 Å². The first kappa shape index (κ1) is 28.7. The third kappa shape index (κ3) is 5.18. The minimum Gasteiger partial charge on any atom is -0.312 e. The number of amides is 4. The smallest absolute Gasteiger partial charge is 0.312 e. The SMILES string of the molecule is CCC1CCC(C2=NC3(CCN(S(=O)(=O)CCc4ccc(N5C(=O)NC(=O)C5(C)C)cc4C)CC3)C(=O)N2)CC1. The Kier molecular flexibility index (Phi) is 7.58. The molecule has 0 unspecified atom stereocenters. The molecule has 1 spiro atoms. The predicted molar refractivity (Wildman–Crippen MR) is 154 cm³/mol. The van der Waals surface area contributed by atoms with Crippen LogP contribution in [0.3, 0.4) is 0 Å². The lowest BCUT2D eigenvalue weighted by molar-refractivity contribution is -0.125. The summed E-state index contributed by atoms with van der Waals surface area (Å²) in [7, 11) is -3.53. The van der Waals surface area contributed by atoms with Gasteiger partial charge in [0.15, 0.2) is 0 Å². The second-order valence-corrected chi connectivity index (χ2v) is 14.4. The van der Waals surface area contributed by atoms with Crippen molar-refractivity contribution in [1.29, 1.82) is 0 Å². The molecule has 0 radical (unpaired) electrons. The summed E-state index contributed by atoms with van der Waals surface area (Å²) in [6.45, 7) is 8.03. The molecule has 1 aromatic carbocycles. The molecule has 0 aromatic heterocycles. The van der Waals surface area contributed by atoms with Gasteiger partial charge in [-0.15, -0.1) is 0 Å². The molecule has 10 nitrogen and oxygen atoms in total. The van der Waals surface area contributed by atoms with Gasteiger partial charge in [0, 0.05) is 24.7 Å². The van der Waals surface area contributed by atoms with E-state index in [1.54, 1.807) is 19.9 Å². The van der Waals surface area contributed by atoms with Crippen LogP contribution in [0.25, 0.3) is 0 Å². The average Bonchev–Trinajstić information content (AvgIpc) is 3.33. The highest BCUT2D eigenvalue weighted by Crippen LogP contribution is 2.37. The standard InChI is InChI=1S/C29H41N5O5S/c1-5-20-6-8-22(9-7-20)24-30-26(36)29(32-24)13-15-33(16-14-29)40(38,39)17-12-21-10-11-23(18-19(21)2)34-27(37)31-25(35)28(34,3)4/h10-11,18,20,22H,5-9,12-17H2,1-4H3,(H,30,32,36)(H,31,35,37). The van der Waals surface area contributed by atoms with Crippen LogP contribution >= 0.6 is 0 Å². The second kappa shape index (κ2) is 10.6. The number of hydrogen-bond acceptors (Lipinski definition) is 6. The summed E-state index contributed by atoms with van der Waals surface area (Å²) in [5.41, 5.74) is 0.464. The average molecular weight is 572 g/mol. The van der Waals surface area contributed by atoms with E-state index in [9.17, 15) is 22.8 Å². The van der Waals surface area contributed by atoms with Gasteiger partial charge < -0.3 is 5.32 Å². The molecule has 1 aliphatic carbocycles. The number of aryl methyl sites for hydroxylation is 2. The third-order valence-corrected chi connectivity index (χ3v) is 11.4. The number of sulfonamides is 1. The minimum absolute atomic E-state index is 0.0459. The molecule has 40 heavy (non-hydrogen) atoms. The number of rotatable bonds is 7. The molecule has 3 heterocycles. The van der Waals surface area contributed by atoms with E-state index in [1.807, 2.05) is 19.1 Å². The topological polar surface area (TPSA) is 128 Å². The molecule has 11 heteroatoms. The van der Waals surface area contributed by atoms with Gasteiger partial charge in [-0.3, -0.25) is 24.8 Å². The number of hydrogen-bond donors (Lipinski definition) is 2. The fraction of sp³-hybridized carbons (Fsp3) is 0.655. The van der Waals surface area contributed by atoms with Gasteiger partial charge >= 0.3 is 6.03 Å². The summed E-state index contributed by atoms with van der Waals surface area (Å²) in [5.74, 6) is 1.40. The van der Waals surface area contributed by atoms with Crippen LogP contribution in [0.2, 0.25) is 0 Å². The number of carbonyl (C=O) groups excluding carboxylic acids is 3.